The van der Waals surface area contributed by atoms with Gasteiger partial charge in [0.2, 0.25) is 10.0 Å². The van der Waals surface area contributed by atoms with Gasteiger partial charge in [0.25, 0.3) is 5.56 Å². The zero-order chi connectivity index (χ0) is 22.0. The molecule has 0 spiro atoms. The molecule has 0 unspecified atom stereocenters. The molecule has 3 aromatic rings. The number of sulfonamides is 1. The van der Waals surface area contributed by atoms with Gasteiger partial charge in [-0.2, -0.15) is 4.31 Å². The predicted molar refractivity (Wildman–Crippen MR) is 116 cm³/mol. The quantitative estimate of drug-likeness (QED) is 0.556. The van der Waals surface area contributed by atoms with E-state index in [1.54, 1.807) is 30.3 Å². The Labute approximate surface area is 184 Å². The van der Waals surface area contributed by atoms with Gasteiger partial charge in [0.05, 0.1) is 10.5 Å². The van der Waals surface area contributed by atoms with E-state index in [2.05, 4.69) is 4.98 Å². The Morgan fingerprint density at radius 2 is 1.81 bits per heavy atom. The molecule has 10 heteroatoms. The number of hydrogen-bond acceptors (Lipinski definition) is 6. The van der Waals surface area contributed by atoms with Crippen LogP contribution in [0.25, 0.3) is 10.9 Å². The number of rotatable bonds is 7. The minimum absolute atomic E-state index is 0.0304. The molecular formula is C21H21ClN2O6S. The third kappa shape index (κ3) is 4.40. The highest BCUT2D eigenvalue weighted by atomic mass is 35.5. The van der Waals surface area contributed by atoms with Gasteiger partial charge in [0.1, 0.15) is 18.1 Å². The summed E-state index contributed by atoms with van der Waals surface area (Å²) in [5, 5.41) is 10.0. The number of fused-ring (bicyclic) bond motifs is 2. The molecule has 4 rings (SSSR count). The van der Waals surface area contributed by atoms with E-state index >= 15 is 0 Å². The van der Waals surface area contributed by atoms with E-state index in [-0.39, 0.29) is 41.6 Å². The SMILES string of the molecule is O=c1[nH]c2cc3c(cc2cc1CN(CCCO)S(=O)(=O)c1ccccc1Cl)OCCO3. The zero-order valence-electron chi connectivity index (χ0n) is 16.5. The lowest BCUT2D eigenvalue weighted by Crippen LogP contribution is -2.34. The van der Waals surface area contributed by atoms with Crippen LogP contribution in [0.15, 0.2) is 52.2 Å². The molecule has 31 heavy (non-hydrogen) atoms. The number of halogens is 1. The largest absolute Gasteiger partial charge is 0.486 e. The second-order valence-corrected chi connectivity index (χ2v) is 9.37. The molecule has 0 saturated carbocycles. The van der Waals surface area contributed by atoms with Crippen LogP contribution in [0.1, 0.15) is 12.0 Å². The number of hydrogen-bond donors (Lipinski definition) is 2. The molecule has 0 atom stereocenters. The van der Waals surface area contributed by atoms with Crippen LogP contribution >= 0.6 is 11.6 Å². The van der Waals surface area contributed by atoms with Crippen molar-refractivity contribution < 1.29 is 23.0 Å². The van der Waals surface area contributed by atoms with Crippen molar-refractivity contribution in [3.63, 3.8) is 0 Å². The molecule has 1 aromatic heterocycles. The van der Waals surface area contributed by atoms with Crippen molar-refractivity contribution >= 4 is 32.5 Å². The Morgan fingerprint density at radius 3 is 2.52 bits per heavy atom. The third-order valence-corrected chi connectivity index (χ3v) is 7.30. The average molecular weight is 465 g/mol. The maximum absolute atomic E-state index is 13.2. The van der Waals surface area contributed by atoms with Crippen molar-refractivity contribution in [1.29, 1.82) is 0 Å². The highest BCUT2D eigenvalue weighted by molar-refractivity contribution is 7.89. The number of H-pyrrole nitrogens is 1. The molecule has 0 amide bonds. The topological polar surface area (TPSA) is 109 Å². The third-order valence-electron chi connectivity index (χ3n) is 4.95. The minimum Gasteiger partial charge on any atom is -0.486 e. The summed E-state index contributed by atoms with van der Waals surface area (Å²) >= 11 is 6.12. The van der Waals surface area contributed by atoms with Crippen molar-refractivity contribution in [3.8, 4) is 11.5 Å². The maximum Gasteiger partial charge on any atom is 0.252 e. The van der Waals surface area contributed by atoms with Crippen LogP contribution in [-0.4, -0.2) is 49.2 Å². The fraction of sp³-hybridized carbons (Fsp3) is 0.286. The Kier molecular flexibility index (Phi) is 6.19. The molecule has 1 aliphatic heterocycles. The molecule has 164 valence electrons. The minimum atomic E-state index is -3.99. The van der Waals surface area contributed by atoms with Crippen molar-refractivity contribution in [3.05, 3.63) is 63.4 Å². The van der Waals surface area contributed by atoms with Crippen LogP contribution < -0.4 is 15.0 Å². The molecule has 2 heterocycles. The van der Waals surface area contributed by atoms with Gasteiger partial charge < -0.3 is 19.6 Å². The molecule has 0 bridgehead atoms. The van der Waals surface area contributed by atoms with Crippen molar-refractivity contribution in [2.75, 3.05) is 26.4 Å². The zero-order valence-corrected chi connectivity index (χ0v) is 18.1. The van der Waals surface area contributed by atoms with E-state index in [1.807, 2.05) is 0 Å². The molecule has 0 saturated heterocycles. The van der Waals surface area contributed by atoms with Crippen molar-refractivity contribution in [2.24, 2.45) is 0 Å². The average Bonchev–Trinajstić information content (AvgIpc) is 2.75. The summed E-state index contributed by atoms with van der Waals surface area (Å²) in [6.07, 6.45) is 0.216. The number of benzene rings is 2. The van der Waals surface area contributed by atoms with Crippen LogP contribution in [0, 0.1) is 0 Å². The summed E-state index contributed by atoms with van der Waals surface area (Å²) in [4.78, 5) is 15.5. The Bertz CT molecular complexity index is 1270. The number of aromatic nitrogens is 1. The lowest BCUT2D eigenvalue weighted by Gasteiger charge is -2.23. The summed E-state index contributed by atoms with van der Waals surface area (Å²) in [5.74, 6) is 1.12. The van der Waals surface area contributed by atoms with Crippen molar-refractivity contribution in [2.45, 2.75) is 17.9 Å². The molecule has 2 aromatic carbocycles. The summed E-state index contributed by atoms with van der Waals surface area (Å²) in [7, 11) is -3.99. The summed E-state index contributed by atoms with van der Waals surface area (Å²) < 4.78 is 38.8. The first-order chi connectivity index (χ1) is 14.9. The predicted octanol–water partition coefficient (Wildman–Crippen LogP) is 2.53. The number of aromatic amines is 1. The van der Waals surface area contributed by atoms with E-state index in [0.29, 0.717) is 35.6 Å². The van der Waals surface area contributed by atoms with Crippen LogP contribution in [0.5, 0.6) is 11.5 Å². The molecular weight excluding hydrogens is 444 g/mol. The van der Waals surface area contributed by atoms with Crippen molar-refractivity contribution in [1.82, 2.24) is 9.29 Å². The van der Waals surface area contributed by atoms with Gasteiger partial charge in [-0.05, 0) is 30.7 Å². The first kappa shape index (κ1) is 21.6. The Balaban J connectivity index is 1.73. The number of aliphatic hydroxyl groups excluding tert-OH is 1. The first-order valence-electron chi connectivity index (χ1n) is 9.71. The van der Waals surface area contributed by atoms with Gasteiger partial charge >= 0.3 is 0 Å². The van der Waals surface area contributed by atoms with E-state index in [1.165, 1.54) is 12.1 Å². The van der Waals surface area contributed by atoms with Gasteiger partial charge in [-0.1, -0.05) is 23.7 Å². The van der Waals surface area contributed by atoms with Gasteiger partial charge in [0, 0.05) is 36.7 Å². The van der Waals surface area contributed by atoms with Gasteiger partial charge in [-0.15, -0.1) is 0 Å². The summed E-state index contributed by atoms with van der Waals surface area (Å²) in [6.45, 7) is 0.530. The highest BCUT2D eigenvalue weighted by Crippen LogP contribution is 2.34. The summed E-state index contributed by atoms with van der Waals surface area (Å²) in [6, 6.07) is 11.2. The fourth-order valence-corrected chi connectivity index (χ4v) is 5.37. The lowest BCUT2D eigenvalue weighted by molar-refractivity contribution is 0.172. The molecule has 1 aliphatic rings. The molecule has 2 N–H and O–H groups in total. The standard InChI is InChI=1S/C21H21ClN2O6S/c22-16-4-1-2-5-20(16)31(27,28)24(6-3-7-25)13-15-10-14-11-18-19(30-9-8-29-18)12-17(14)23-21(15)26/h1-2,4-5,10-12,25H,3,6-9,13H2,(H,23,26). The van der Waals surface area contributed by atoms with E-state index in [9.17, 15) is 18.3 Å². The van der Waals surface area contributed by atoms with Crippen LogP contribution in [0.3, 0.4) is 0 Å². The Morgan fingerprint density at radius 1 is 1.10 bits per heavy atom. The number of aliphatic hydroxyl groups is 1. The number of nitrogens with zero attached hydrogens (tertiary/aromatic N) is 1. The van der Waals surface area contributed by atoms with E-state index in [4.69, 9.17) is 21.1 Å². The van der Waals surface area contributed by atoms with E-state index < -0.39 is 15.6 Å². The normalized spacial score (nSPS) is 13.6. The maximum atomic E-state index is 13.2. The smallest absolute Gasteiger partial charge is 0.252 e. The van der Waals surface area contributed by atoms with Crippen LogP contribution in [0.2, 0.25) is 5.02 Å². The van der Waals surface area contributed by atoms with Gasteiger partial charge in [-0.25, -0.2) is 8.42 Å². The number of ether oxygens (including phenoxy) is 2. The lowest BCUT2D eigenvalue weighted by atomic mass is 10.1. The fourth-order valence-electron chi connectivity index (χ4n) is 3.42. The molecule has 0 aliphatic carbocycles. The second-order valence-electron chi connectivity index (χ2n) is 7.05. The number of nitrogens with one attached hydrogen (secondary N) is 1. The first-order valence-corrected chi connectivity index (χ1v) is 11.5. The Hall–Kier alpha value is -2.59. The monoisotopic (exact) mass is 464 g/mol. The van der Waals surface area contributed by atoms with Gasteiger partial charge in [-0.3, -0.25) is 4.79 Å². The highest BCUT2D eigenvalue weighted by Gasteiger charge is 2.27. The molecule has 8 nitrogen and oxygen atoms in total. The molecule has 0 radical (unpaired) electrons. The van der Waals surface area contributed by atoms with Crippen LogP contribution in [0.4, 0.5) is 0 Å². The van der Waals surface area contributed by atoms with Crippen LogP contribution in [-0.2, 0) is 16.6 Å². The molecule has 0 fully saturated rings. The van der Waals surface area contributed by atoms with E-state index in [0.717, 1.165) is 4.31 Å². The van der Waals surface area contributed by atoms with Gasteiger partial charge in [0.15, 0.2) is 11.5 Å². The summed E-state index contributed by atoms with van der Waals surface area (Å²) in [5.41, 5.74) is 0.416. The number of pyridine rings is 1. The second kappa shape index (κ2) is 8.88.